The van der Waals surface area contributed by atoms with Crippen LogP contribution in [0.5, 0.6) is 0 Å². The number of nitrogens with one attached hydrogen (secondary N) is 1. The number of fused-ring (bicyclic) bond motifs is 1. The van der Waals surface area contributed by atoms with Gasteiger partial charge in [-0.3, -0.25) is 14.7 Å². The van der Waals surface area contributed by atoms with Gasteiger partial charge in [-0.25, -0.2) is 4.98 Å². The third-order valence-corrected chi connectivity index (χ3v) is 5.26. The molecule has 0 radical (unpaired) electrons. The first-order valence-electron chi connectivity index (χ1n) is 9.55. The van der Waals surface area contributed by atoms with E-state index in [1.54, 1.807) is 30.5 Å². The molecule has 0 bridgehead atoms. The molecule has 1 aliphatic rings. The van der Waals surface area contributed by atoms with Crippen LogP contribution in [0.4, 0.5) is 11.6 Å². The highest BCUT2D eigenvalue weighted by atomic mass is 35.5. The normalized spacial score (nSPS) is 14.4. The average molecular weight is 448 g/mol. The Balaban J connectivity index is 0.00000256. The lowest BCUT2D eigenvalue weighted by Crippen LogP contribution is -2.47. The smallest absolute Gasteiger partial charge is 0.256 e. The van der Waals surface area contributed by atoms with Gasteiger partial charge in [0.1, 0.15) is 11.3 Å². The Morgan fingerprint density at radius 2 is 1.87 bits per heavy atom. The zero-order valence-electron chi connectivity index (χ0n) is 16.3. The van der Waals surface area contributed by atoms with Gasteiger partial charge in [-0.15, -0.1) is 12.4 Å². The van der Waals surface area contributed by atoms with Gasteiger partial charge < -0.3 is 15.3 Å². The maximum absolute atomic E-state index is 12.6. The predicted octanol–water partition coefficient (Wildman–Crippen LogP) is 3.07. The molecule has 158 valence electrons. The molecule has 3 aromatic rings. The zero-order chi connectivity index (χ0) is 20.2. The van der Waals surface area contributed by atoms with Gasteiger partial charge in [0.2, 0.25) is 0 Å². The van der Waals surface area contributed by atoms with E-state index in [1.165, 1.54) is 0 Å². The van der Waals surface area contributed by atoms with Crippen LogP contribution in [0.15, 0.2) is 48.7 Å². The van der Waals surface area contributed by atoms with Crippen LogP contribution in [0.25, 0.3) is 10.9 Å². The number of aliphatic hydroxyl groups is 1. The maximum atomic E-state index is 12.6. The van der Waals surface area contributed by atoms with E-state index in [4.69, 9.17) is 21.7 Å². The van der Waals surface area contributed by atoms with Gasteiger partial charge in [-0.05, 0) is 36.4 Å². The van der Waals surface area contributed by atoms with Crippen molar-refractivity contribution >= 4 is 52.5 Å². The molecule has 2 aromatic heterocycles. The second-order valence-electron chi connectivity index (χ2n) is 6.92. The lowest BCUT2D eigenvalue weighted by molar-refractivity contribution is 0.102. The lowest BCUT2D eigenvalue weighted by atomic mass is 10.2. The Bertz CT molecular complexity index is 1010. The van der Waals surface area contributed by atoms with Crippen molar-refractivity contribution in [3.63, 3.8) is 0 Å². The number of aliphatic hydroxyl groups excluding tert-OH is 1. The van der Waals surface area contributed by atoms with Crippen LogP contribution in [-0.2, 0) is 0 Å². The second kappa shape index (κ2) is 10.0. The molecule has 1 fully saturated rings. The minimum atomic E-state index is -0.240. The summed E-state index contributed by atoms with van der Waals surface area (Å²) in [6, 6.07) is 12.4. The summed E-state index contributed by atoms with van der Waals surface area (Å²) in [5.74, 6) is 1.01. The van der Waals surface area contributed by atoms with E-state index in [-0.39, 0.29) is 24.9 Å². The Morgan fingerprint density at radius 3 is 2.57 bits per heavy atom. The number of pyridine rings is 2. The summed E-state index contributed by atoms with van der Waals surface area (Å²) in [7, 11) is 0. The number of β-amino-alcohol motifs (C(OH)–C–C–N with tert-alkyl or cyclic N) is 1. The molecule has 1 saturated heterocycles. The molecular weight excluding hydrogens is 425 g/mol. The van der Waals surface area contributed by atoms with Gasteiger partial charge >= 0.3 is 0 Å². The van der Waals surface area contributed by atoms with E-state index < -0.39 is 0 Å². The first-order chi connectivity index (χ1) is 14.1. The maximum Gasteiger partial charge on any atom is 0.256 e. The predicted molar refractivity (Wildman–Crippen MR) is 122 cm³/mol. The molecule has 1 amide bonds. The van der Waals surface area contributed by atoms with Gasteiger partial charge in [0.05, 0.1) is 6.61 Å². The minimum Gasteiger partial charge on any atom is -0.395 e. The zero-order valence-corrected chi connectivity index (χ0v) is 17.9. The highest BCUT2D eigenvalue weighted by Gasteiger charge is 2.21. The SMILES string of the molecule is Cl.O=C(Nc1cc2cccnc2c(N2CCN(CCO)CC2)n1)c1ccc(Cl)cc1. The third kappa shape index (κ3) is 4.99. The topological polar surface area (TPSA) is 81.6 Å². The van der Waals surface area contributed by atoms with Crippen molar-refractivity contribution < 1.29 is 9.90 Å². The minimum absolute atomic E-state index is 0. The van der Waals surface area contributed by atoms with E-state index in [2.05, 4.69) is 20.1 Å². The summed E-state index contributed by atoms with van der Waals surface area (Å²) in [5, 5.41) is 13.5. The number of amides is 1. The molecule has 0 aliphatic carbocycles. The van der Waals surface area contributed by atoms with Crippen LogP contribution in [0.2, 0.25) is 5.02 Å². The molecule has 30 heavy (non-hydrogen) atoms. The van der Waals surface area contributed by atoms with Crippen molar-refractivity contribution in [3.8, 4) is 0 Å². The van der Waals surface area contributed by atoms with Crippen molar-refractivity contribution in [2.45, 2.75) is 0 Å². The largest absolute Gasteiger partial charge is 0.395 e. The lowest BCUT2D eigenvalue weighted by Gasteiger charge is -2.35. The molecule has 0 unspecified atom stereocenters. The van der Waals surface area contributed by atoms with Crippen molar-refractivity contribution in [1.82, 2.24) is 14.9 Å². The van der Waals surface area contributed by atoms with Gasteiger partial charge in [0.15, 0.2) is 5.82 Å². The van der Waals surface area contributed by atoms with Crippen LogP contribution in [-0.4, -0.2) is 65.2 Å². The molecule has 4 rings (SSSR count). The fourth-order valence-corrected chi connectivity index (χ4v) is 3.59. The number of hydrogen-bond donors (Lipinski definition) is 2. The first kappa shape index (κ1) is 22.2. The third-order valence-electron chi connectivity index (χ3n) is 5.01. The quantitative estimate of drug-likeness (QED) is 0.625. The molecule has 9 heteroatoms. The number of benzene rings is 1. The number of hydrogen-bond acceptors (Lipinski definition) is 6. The Morgan fingerprint density at radius 1 is 1.13 bits per heavy atom. The Hall–Kier alpha value is -2.45. The molecule has 0 atom stereocenters. The standard InChI is InChI=1S/C21H22ClN5O2.ClH/c22-17-5-3-15(4-6-17)21(29)25-18-14-16-2-1-7-23-19(16)20(24-18)27-10-8-26(9-11-27)12-13-28;/h1-7,14,28H,8-13H2,(H,24,25,29);1H. The molecule has 2 N–H and O–H groups in total. The number of rotatable bonds is 5. The van der Waals surface area contributed by atoms with Crippen molar-refractivity contribution in [2.75, 3.05) is 49.5 Å². The molecular formula is C21H23Cl2N5O2. The van der Waals surface area contributed by atoms with Gasteiger partial charge in [-0.2, -0.15) is 0 Å². The van der Waals surface area contributed by atoms with E-state index in [1.807, 2.05) is 18.2 Å². The van der Waals surface area contributed by atoms with Crippen LogP contribution in [0, 0.1) is 0 Å². The number of carbonyl (C=O) groups is 1. The van der Waals surface area contributed by atoms with Gasteiger partial charge in [0, 0.05) is 54.9 Å². The number of piperazine rings is 1. The monoisotopic (exact) mass is 447 g/mol. The van der Waals surface area contributed by atoms with Gasteiger partial charge in [-0.1, -0.05) is 17.7 Å². The summed E-state index contributed by atoms with van der Waals surface area (Å²) in [6.07, 6.45) is 1.75. The number of carbonyl (C=O) groups excluding carboxylic acids is 1. The van der Waals surface area contributed by atoms with E-state index in [0.29, 0.717) is 22.9 Å². The molecule has 1 aliphatic heterocycles. The summed E-state index contributed by atoms with van der Waals surface area (Å²) >= 11 is 5.90. The Labute approximate surface area is 186 Å². The highest BCUT2D eigenvalue weighted by Crippen LogP contribution is 2.27. The van der Waals surface area contributed by atoms with Crippen LogP contribution in [0.3, 0.4) is 0 Å². The van der Waals surface area contributed by atoms with Crippen molar-refractivity contribution in [1.29, 1.82) is 0 Å². The average Bonchev–Trinajstić information content (AvgIpc) is 2.74. The van der Waals surface area contributed by atoms with E-state index in [0.717, 1.165) is 42.9 Å². The number of aromatic nitrogens is 2. The van der Waals surface area contributed by atoms with Crippen molar-refractivity contribution in [3.05, 3.63) is 59.2 Å². The first-order valence-corrected chi connectivity index (χ1v) is 9.93. The summed E-state index contributed by atoms with van der Waals surface area (Å²) in [5.41, 5.74) is 1.33. The second-order valence-corrected chi connectivity index (χ2v) is 7.36. The Kier molecular flexibility index (Phi) is 7.44. The molecule has 0 spiro atoms. The van der Waals surface area contributed by atoms with Crippen LogP contribution < -0.4 is 10.2 Å². The van der Waals surface area contributed by atoms with Crippen molar-refractivity contribution in [2.24, 2.45) is 0 Å². The highest BCUT2D eigenvalue weighted by molar-refractivity contribution is 6.30. The summed E-state index contributed by atoms with van der Waals surface area (Å²) in [6.45, 7) is 4.10. The number of halogens is 2. The van der Waals surface area contributed by atoms with Gasteiger partial charge in [0.25, 0.3) is 5.91 Å². The molecule has 0 saturated carbocycles. The fraction of sp³-hybridized carbons (Fsp3) is 0.286. The molecule has 1 aromatic carbocycles. The fourth-order valence-electron chi connectivity index (χ4n) is 3.47. The van der Waals surface area contributed by atoms with Crippen LogP contribution in [0.1, 0.15) is 10.4 Å². The van der Waals surface area contributed by atoms with E-state index in [9.17, 15) is 4.79 Å². The molecule has 7 nitrogen and oxygen atoms in total. The van der Waals surface area contributed by atoms with E-state index >= 15 is 0 Å². The molecule has 3 heterocycles. The number of nitrogens with zero attached hydrogens (tertiary/aromatic N) is 4. The summed E-state index contributed by atoms with van der Waals surface area (Å²) in [4.78, 5) is 26.2. The number of anilines is 2. The van der Waals surface area contributed by atoms with Crippen LogP contribution >= 0.6 is 24.0 Å². The summed E-state index contributed by atoms with van der Waals surface area (Å²) < 4.78 is 0.